The minimum absolute atomic E-state index is 0.0512. The van der Waals surface area contributed by atoms with Gasteiger partial charge in [0.05, 0.1) is 17.1 Å². The number of amides is 1. The van der Waals surface area contributed by atoms with Crippen molar-refractivity contribution in [1.29, 1.82) is 0 Å². The second-order valence-electron chi connectivity index (χ2n) is 4.72. The summed E-state index contributed by atoms with van der Waals surface area (Å²) in [5.74, 6) is -0.0512. The molecule has 1 aromatic carbocycles. The Kier molecular flexibility index (Phi) is 6.38. The molecule has 2 rings (SSSR count). The van der Waals surface area contributed by atoms with E-state index >= 15 is 0 Å². The third-order valence-electron chi connectivity index (χ3n) is 3.08. The Morgan fingerprint density at radius 1 is 1.35 bits per heavy atom. The van der Waals surface area contributed by atoms with Crippen LogP contribution in [0, 0.1) is 0 Å². The average molecular weight is 349 g/mol. The van der Waals surface area contributed by atoms with E-state index in [4.69, 9.17) is 11.6 Å². The fourth-order valence-corrected chi connectivity index (χ4v) is 3.11. The van der Waals surface area contributed by atoms with Crippen LogP contribution in [0.2, 0.25) is 4.34 Å². The maximum absolute atomic E-state index is 12.7. The van der Waals surface area contributed by atoms with E-state index in [1.807, 2.05) is 24.3 Å². The largest absolute Gasteiger partial charge is 0.399 e. The Bertz CT molecular complexity index is 695. The number of rotatable bonds is 7. The molecule has 0 bridgehead atoms. The number of carbonyl (C=O) groups excluding carboxylic acids is 1. The van der Waals surface area contributed by atoms with Crippen molar-refractivity contribution in [2.75, 3.05) is 13.7 Å². The molecule has 0 aliphatic heterocycles. The van der Waals surface area contributed by atoms with Crippen LogP contribution >= 0.6 is 22.9 Å². The van der Waals surface area contributed by atoms with Crippen molar-refractivity contribution in [1.82, 2.24) is 4.90 Å². The SMILES string of the molecule is C=CCN(Cc1ccc(Cl)s1)C(=O)c1ccc(C=NOC)cc1. The van der Waals surface area contributed by atoms with Crippen LogP contribution in [0.25, 0.3) is 0 Å². The lowest BCUT2D eigenvalue weighted by molar-refractivity contribution is 0.0764. The highest BCUT2D eigenvalue weighted by Crippen LogP contribution is 2.23. The van der Waals surface area contributed by atoms with Crippen LogP contribution in [0.1, 0.15) is 20.8 Å². The van der Waals surface area contributed by atoms with Gasteiger partial charge in [0.25, 0.3) is 5.91 Å². The highest BCUT2D eigenvalue weighted by atomic mass is 35.5. The van der Waals surface area contributed by atoms with E-state index in [0.717, 1.165) is 10.4 Å². The summed E-state index contributed by atoms with van der Waals surface area (Å²) in [5, 5.41) is 3.69. The molecule has 120 valence electrons. The maximum Gasteiger partial charge on any atom is 0.254 e. The summed E-state index contributed by atoms with van der Waals surface area (Å²) in [6.07, 6.45) is 3.30. The summed E-state index contributed by atoms with van der Waals surface area (Å²) in [6.45, 7) is 4.71. The molecule has 1 amide bonds. The quantitative estimate of drug-likeness (QED) is 0.427. The molecule has 0 saturated carbocycles. The number of hydrogen-bond donors (Lipinski definition) is 0. The van der Waals surface area contributed by atoms with Gasteiger partial charge < -0.3 is 9.74 Å². The van der Waals surface area contributed by atoms with Crippen LogP contribution in [0.15, 0.2) is 54.2 Å². The predicted molar refractivity (Wildman–Crippen MR) is 95.3 cm³/mol. The molecule has 0 spiro atoms. The van der Waals surface area contributed by atoms with Gasteiger partial charge in [0.15, 0.2) is 0 Å². The van der Waals surface area contributed by atoms with Crippen molar-refractivity contribution in [2.45, 2.75) is 6.54 Å². The van der Waals surface area contributed by atoms with E-state index < -0.39 is 0 Å². The zero-order valence-corrected chi connectivity index (χ0v) is 14.3. The molecular weight excluding hydrogens is 332 g/mol. The van der Waals surface area contributed by atoms with Gasteiger partial charge in [-0.2, -0.15) is 0 Å². The van der Waals surface area contributed by atoms with Crippen molar-refractivity contribution in [3.63, 3.8) is 0 Å². The summed E-state index contributed by atoms with van der Waals surface area (Å²) in [4.78, 5) is 20.1. The summed E-state index contributed by atoms with van der Waals surface area (Å²) < 4.78 is 0.716. The van der Waals surface area contributed by atoms with Crippen molar-refractivity contribution in [2.24, 2.45) is 5.16 Å². The molecule has 0 unspecified atom stereocenters. The molecule has 1 heterocycles. The molecule has 6 heteroatoms. The van der Waals surface area contributed by atoms with Crippen LogP contribution < -0.4 is 0 Å². The average Bonchev–Trinajstić information content (AvgIpc) is 2.97. The summed E-state index contributed by atoms with van der Waals surface area (Å²) in [7, 11) is 1.48. The molecular formula is C17H17ClN2O2S. The minimum atomic E-state index is -0.0512. The van der Waals surface area contributed by atoms with Crippen molar-refractivity contribution < 1.29 is 9.63 Å². The van der Waals surface area contributed by atoms with Gasteiger partial charge in [0.2, 0.25) is 0 Å². The maximum atomic E-state index is 12.7. The first kappa shape index (κ1) is 17.2. The van der Waals surface area contributed by atoms with Crippen LogP contribution in [0.4, 0.5) is 0 Å². The molecule has 0 atom stereocenters. The topological polar surface area (TPSA) is 41.9 Å². The van der Waals surface area contributed by atoms with E-state index in [0.29, 0.717) is 23.0 Å². The second-order valence-corrected chi connectivity index (χ2v) is 6.52. The Morgan fingerprint density at radius 2 is 2.09 bits per heavy atom. The Hall–Kier alpha value is -2.11. The lowest BCUT2D eigenvalue weighted by Gasteiger charge is -2.20. The van der Waals surface area contributed by atoms with E-state index in [-0.39, 0.29) is 5.91 Å². The van der Waals surface area contributed by atoms with Crippen molar-refractivity contribution >= 4 is 35.1 Å². The molecule has 0 aliphatic rings. The van der Waals surface area contributed by atoms with Gasteiger partial charge in [-0.25, -0.2) is 0 Å². The second kappa shape index (κ2) is 8.50. The fraction of sp³-hybridized carbons (Fsp3) is 0.176. The molecule has 0 fully saturated rings. The van der Waals surface area contributed by atoms with Gasteiger partial charge in [0.1, 0.15) is 7.11 Å². The Balaban J connectivity index is 2.13. The minimum Gasteiger partial charge on any atom is -0.399 e. The highest BCUT2D eigenvalue weighted by Gasteiger charge is 2.15. The van der Waals surface area contributed by atoms with E-state index in [9.17, 15) is 4.79 Å². The number of hydrogen-bond acceptors (Lipinski definition) is 4. The zero-order chi connectivity index (χ0) is 16.7. The molecule has 1 aromatic heterocycles. The summed E-state index contributed by atoms with van der Waals surface area (Å²) in [6, 6.07) is 11.0. The number of oxime groups is 1. The smallest absolute Gasteiger partial charge is 0.254 e. The van der Waals surface area contributed by atoms with Crippen molar-refractivity contribution in [3.05, 3.63) is 69.4 Å². The first-order valence-electron chi connectivity index (χ1n) is 6.95. The van der Waals surface area contributed by atoms with Gasteiger partial charge in [0, 0.05) is 17.0 Å². The van der Waals surface area contributed by atoms with E-state index in [1.165, 1.54) is 18.4 Å². The normalized spacial score (nSPS) is 10.7. The number of nitrogens with zero attached hydrogens (tertiary/aromatic N) is 2. The van der Waals surface area contributed by atoms with Crippen LogP contribution in [0.3, 0.4) is 0 Å². The first-order chi connectivity index (χ1) is 11.1. The number of carbonyl (C=O) groups is 1. The van der Waals surface area contributed by atoms with Gasteiger partial charge in [-0.15, -0.1) is 17.9 Å². The van der Waals surface area contributed by atoms with Crippen molar-refractivity contribution in [3.8, 4) is 0 Å². The number of thiophene rings is 1. The van der Waals surface area contributed by atoms with E-state index in [2.05, 4.69) is 16.6 Å². The molecule has 23 heavy (non-hydrogen) atoms. The first-order valence-corrected chi connectivity index (χ1v) is 8.14. The predicted octanol–water partition coefficient (Wildman–Crippen LogP) is 4.21. The number of benzene rings is 1. The number of halogens is 1. The molecule has 0 saturated heterocycles. The lowest BCUT2D eigenvalue weighted by atomic mass is 10.1. The molecule has 0 aliphatic carbocycles. The lowest BCUT2D eigenvalue weighted by Crippen LogP contribution is -2.30. The van der Waals surface area contributed by atoms with Gasteiger partial charge in [-0.05, 0) is 29.8 Å². The molecule has 4 nitrogen and oxygen atoms in total. The Morgan fingerprint density at radius 3 is 2.65 bits per heavy atom. The van der Waals surface area contributed by atoms with Gasteiger partial charge in [-0.3, -0.25) is 4.79 Å². The third-order valence-corrected chi connectivity index (χ3v) is 4.29. The highest BCUT2D eigenvalue weighted by molar-refractivity contribution is 7.16. The summed E-state index contributed by atoms with van der Waals surface area (Å²) >= 11 is 7.42. The van der Waals surface area contributed by atoms with Crippen LogP contribution in [0.5, 0.6) is 0 Å². The summed E-state index contributed by atoms with van der Waals surface area (Å²) in [5.41, 5.74) is 1.48. The van der Waals surface area contributed by atoms with Crippen LogP contribution in [-0.2, 0) is 11.4 Å². The monoisotopic (exact) mass is 348 g/mol. The molecule has 0 N–H and O–H groups in total. The van der Waals surface area contributed by atoms with Crippen LogP contribution in [-0.4, -0.2) is 30.7 Å². The van der Waals surface area contributed by atoms with E-state index in [1.54, 1.807) is 29.3 Å². The fourth-order valence-electron chi connectivity index (χ4n) is 2.01. The zero-order valence-electron chi connectivity index (χ0n) is 12.7. The van der Waals surface area contributed by atoms with Gasteiger partial charge in [-0.1, -0.05) is 35.0 Å². The van der Waals surface area contributed by atoms with Gasteiger partial charge >= 0.3 is 0 Å². The third kappa shape index (κ3) is 4.94. The molecule has 2 aromatic rings. The molecule has 0 radical (unpaired) electrons. The Labute approximate surface area is 144 Å². The standard InChI is InChI=1S/C17H17ClN2O2S/c1-3-10-20(12-15-8-9-16(18)23-15)17(21)14-6-4-13(5-7-14)11-19-22-2/h3-9,11H,1,10,12H2,2H3.